The molecule has 1 aliphatic carbocycles. The van der Waals surface area contributed by atoms with Gasteiger partial charge in [0.05, 0.1) is 0 Å². The maximum Gasteiger partial charge on any atom is 0.0486 e. The van der Waals surface area contributed by atoms with Crippen LogP contribution in [-0.2, 0) is 0 Å². The standard InChI is InChI=1S/C12H17BrN2/c13-10-5-1-2-6-12(10)15-11-7-3-4-9(11)8-14/h1-2,5-6,9,11,15H,3-4,7-8,14H2. The Labute approximate surface area is 99.4 Å². The van der Waals surface area contributed by atoms with Gasteiger partial charge < -0.3 is 11.1 Å². The van der Waals surface area contributed by atoms with E-state index in [1.54, 1.807) is 0 Å². The maximum atomic E-state index is 5.76. The second-order valence-electron chi connectivity index (χ2n) is 4.16. The predicted molar refractivity (Wildman–Crippen MR) is 67.9 cm³/mol. The third-order valence-corrected chi connectivity index (χ3v) is 3.87. The highest BCUT2D eigenvalue weighted by Gasteiger charge is 2.25. The molecule has 0 saturated heterocycles. The minimum absolute atomic E-state index is 0.550. The molecule has 0 amide bonds. The average Bonchev–Trinajstić information content (AvgIpc) is 2.69. The molecule has 0 radical (unpaired) electrons. The molecule has 2 rings (SSSR count). The lowest BCUT2D eigenvalue weighted by molar-refractivity contribution is 0.516. The van der Waals surface area contributed by atoms with Crippen molar-refractivity contribution < 1.29 is 0 Å². The van der Waals surface area contributed by atoms with Crippen LogP contribution in [0.25, 0.3) is 0 Å². The van der Waals surface area contributed by atoms with Crippen molar-refractivity contribution in [1.82, 2.24) is 0 Å². The van der Waals surface area contributed by atoms with Crippen molar-refractivity contribution in [3.8, 4) is 0 Å². The van der Waals surface area contributed by atoms with E-state index in [0.717, 1.165) is 11.0 Å². The van der Waals surface area contributed by atoms with Crippen molar-refractivity contribution in [3.05, 3.63) is 28.7 Å². The molecule has 0 aliphatic heterocycles. The number of para-hydroxylation sites is 1. The van der Waals surface area contributed by atoms with Crippen LogP contribution in [-0.4, -0.2) is 12.6 Å². The molecular formula is C12H17BrN2. The van der Waals surface area contributed by atoms with E-state index in [0.29, 0.717) is 12.0 Å². The zero-order chi connectivity index (χ0) is 10.7. The zero-order valence-corrected chi connectivity index (χ0v) is 10.3. The molecule has 0 heterocycles. The fraction of sp³-hybridized carbons (Fsp3) is 0.500. The normalized spacial score (nSPS) is 25.5. The molecule has 0 bridgehead atoms. The summed E-state index contributed by atoms with van der Waals surface area (Å²) in [5.41, 5.74) is 6.95. The summed E-state index contributed by atoms with van der Waals surface area (Å²) in [5, 5.41) is 3.58. The maximum absolute atomic E-state index is 5.76. The number of halogens is 1. The summed E-state index contributed by atoms with van der Waals surface area (Å²) in [6, 6.07) is 8.81. The molecule has 1 saturated carbocycles. The quantitative estimate of drug-likeness (QED) is 0.885. The van der Waals surface area contributed by atoms with Gasteiger partial charge in [0.15, 0.2) is 0 Å². The van der Waals surface area contributed by atoms with Crippen molar-refractivity contribution in [3.63, 3.8) is 0 Å². The summed E-state index contributed by atoms with van der Waals surface area (Å²) >= 11 is 3.55. The summed E-state index contributed by atoms with van der Waals surface area (Å²) in [6.07, 6.45) is 3.80. The summed E-state index contributed by atoms with van der Waals surface area (Å²) in [4.78, 5) is 0. The lowest BCUT2D eigenvalue weighted by Crippen LogP contribution is -2.29. The predicted octanol–water partition coefficient (Wildman–Crippen LogP) is 2.99. The summed E-state index contributed by atoms with van der Waals surface area (Å²) < 4.78 is 1.13. The molecule has 2 atom stereocenters. The number of rotatable bonds is 3. The van der Waals surface area contributed by atoms with Crippen molar-refractivity contribution in [1.29, 1.82) is 0 Å². The Morgan fingerprint density at radius 3 is 2.87 bits per heavy atom. The summed E-state index contributed by atoms with van der Waals surface area (Å²) in [7, 11) is 0. The molecule has 0 spiro atoms. The number of anilines is 1. The van der Waals surface area contributed by atoms with Gasteiger partial charge in [-0.05, 0) is 53.4 Å². The van der Waals surface area contributed by atoms with Gasteiger partial charge in [0.2, 0.25) is 0 Å². The van der Waals surface area contributed by atoms with Crippen molar-refractivity contribution in [2.45, 2.75) is 25.3 Å². The number of hydrogen-bond acceptors (Lipinski definition) is 2. The number of benzene rings is 1. The van der Waals surface area contributed by atoms with Gasteiger partial charge in [-0.15, -0.1) is 0 Å². The summed E-state index contributed by atoms with van der Waals surface area (Å²) in [5.74, 6) is 0.636. The Bertz CT molecular complexity index is 327. The van der Waals surface area contributed by atoms with E-state index in [1.165, 1.54) is 24.9 Å². The van der Waals surface area contributed by atoms with Crippen molar-refractivity contribution >= 4 is 21.6 Å². The van der Waals surface area contributed by atoms with E-state index in [1.807, 2.05) is 6.07 Å². The van der Waals surface area contributed by atoms with Gasteiger partial charge >= 0.3 is 0 Å². The molecule has 0 aromatic heterocycles. The highest BCUT2D eigenvalue weighted by Crippen LogP contribution is 2.30. The van der Waals surface area contributed by atoms with Gasteiger partial charge in [-0.2, -0.15) is 0 Å². The lowest BCUT2D eigenvalue weighted by atomic mass is 10.0. The van der Waals surface area contributed by atoms with Crippen LogP contribution in [0.2, 0.25) is 0 Å². The molecule has 2 nitrogen and oxygen atoms in total. The minimum Gasteiger partial charge on any atom is -0.381 e. The van der Waals surface area contributed by atoms with Crippen molar-refractivity contribution in [2.24, 2.45) is 11.7 Å². The monoisotopic (exact) mass is 268 g/mol. The van der Waals surface area contributed by atoms with Gasteiger partial charge in [0, 0.05) is 16.2 Å². The van der Waals surface area contributed by atoms with Crippen molar-refractivity contribution in [2.75, 3.05) is 11.9 Å². The largest absolute Gasteiger partial charge is 0.381 e. The van der Waals surface area contributed by atoms with Crippen LogP contribution in [0, 0.1) is 5.92 Å². The van der Waals surface area contributed by atoms with Crippen LogP contribution in [0.1, 0.15) is 19.3 Å². The van der Waals surface area contributed by atoms with E-state index in [-0.39, 0.29) is 0 Å². The van der Waals surface area contributed by atoms with Crippen LogP contribution in [0.4, 0.5) is 5.69 Å². The molecular weight excluding hydrogens is 252 g/mol. The Balaban J connectivity index is 2.05. The Hall–Kier alpha value is -0.540. The minimum atomic E-state index is 0.550. The summed E-state index contributed by atoms with van der Waals surface area (Å²) in [6.45, 7) is 0.794. The first kappa shape index (κ1) is 11.0. The molecule has 82 valence electrons. The average molecular weight is 269 g/mol. The zero-order valence-electron chi connectivity index (χ0n) is 8.75. The second kappa shape index (κ2) is 4.99. The van der Waals surface area contributed by atoms with E-state index >= 15 is 0 Å². The molecule has 1 fully saturated rings. The topological polar surface area (TPSA) is 38.0 Å². The van der Waals surface area contributed by atoms with Crippen LogP contribution in [0.15, 0.2) is 28.7 Å². The first-order valence-corrected chi connectivity index (χ1v) is 6.31. The Kier molecular flexibility index (Phi) is 3.65. The van der Waals surface area contributed by atoms with E-state index < -0.39 is 0 Å². The number of hydrogen-bond donors (Lipinski definition) is 2. The second-order valence-corrected chi connectivity index (χ2v) is 5.01. The van der Waals surface area contributed by atoms with E-state index in [4.69, 9.17) is 5.73 Å². The fourth-order valence-electron chi connectivity index (χ4n) is 2.29. The highest BCUT2D eigenvalue weighted by atomic mass is 79.9. The molecule has 1 aromatic carbocycles. The lowest BCUT2D eigenvalue weighted by Gasteiger charge is -2.21. The number of nitrogens with one attached hydrogen (secondary N) is 1. The molecule has 2 unspecified atom stereocenters. The smallest absolute Gasteiger partial charge is 0.0486 e. The highest BCUT2D eigenvalue weighted by molar-refractivity contribution is 9.10. The molecule has 1 aromatic rings. The molecule has 3 heteroatoms. The number of nitrogens with two attached hydrogens (primary N) is 1. The molecule has 15 heavy (non-hydrogen) atoms. The van der Waals surface area contributed by atoms with Crippen LogP contribution < -0.4 is 11.1 Å². The molecule has 3 N–H and O–H groups in total. The van der Waals surface area contributed by atoms with Gasteiger partial charge in [0.25, 0.3) is 0 Å². The SMILES string of the molecule is NCC1CCCC1Nc1ccccc1Br. The van der Waals surface area contributed by atoms with E-state index in [9.17, 15) is 0 Å². The fourth-order valence-corrected chi connectivity index (χ4v) is 2.69. The van der Waals surface area contributed by atoms with Crippen LogP contribution in [0.3, 0.4) is 0 Å². The Morgan fingerprint density at radius 2 is 2.13 bits per heavy atom. The molecule has 1 aliphatic rings. The van der Waals surface area contributed by atoms with Gasteiger partial charge in [-0.25, -0.2) is 0 Å². The third kappa shape index (κ3) is 2.52. The van der Waals surface area contributed by atoms with Gasteiger partial charge in [-0.1, -0.05) is 18.6 Å². The Morgan fingerprint density at radius 1 is 1.33 bits per heavy atom. The van der Waals surface area contributed by atoms with Crippen LogP contribution >= 0.6 is 15.9 Å². The van der Waals surface area contributed by atoms with Crippen LogP contribution in [0.5, 0.6) is 0 Å². The third-order valence-electron chi connectivity index (χ3n) is 3.18. The first-order valence-electron chi connectivity index (χ1n) is 5.52. The first-order chi connectivity index (χ1) is 7.31. The van der Waals surface area contributed by atoms with Gasteiger partial charge in [0.1, 0.15) is 0 Å². The van der Waals surface area contributed by atoms with Gasteiger partial charge in [-0.3, -0.25) is 0 Å². The van der Waals surface area contributed by atoms with E-state index in [2.05, 4.69) is 39.4 Å².